The number of rotatable bonds is 5. The fraction of sp³-hybridized carbons (Fsp3) is 0.643. The Morgan fingerprint density at radius 2 is 2.21 bits per heavy atom. The molecular formula is C14H20ClNO2S. The molecule has 1 aliphatic rings. The molecule has 1 aromatic heterocycles. The number of ether oxygens (including phenoxy) is 1. The molecule has 0 amide bonds. The molecule has 0 radical (unpaired) electrons. The van der Waals surface area contributed by atoms with Crippen molar-refractivity contribution in [3.05, 3.63) is 21.3 Å². The SMILES string of the molecule is CC(C(=O)c1ccc(Cl)s1)N(C)CC1CCOCC1. The van der Waals surface area contributed by atoms with Crippen LogP contribution in [0.3, 0.4) is 0 Å². The summed E-state index contributed by atoms with van der Waals surface area (Å²) in [7, 11) is 2.02. The second-order valence-electron chi connectivity index (χ2n) is 5.14. The number of Topliss-reactive ketones (excluding diaryl/α,β-unsaturated/α-hetero) is 1. The largest absolute Gasteiger partial charge is 0.381 e. The van der Waals surface area contributed by atoms with E-state index in [1.54, 1.807) is 6.07 Å². The predicted molar refractivity (Wildman–Crippen MR) is 79.3 cm³/mol. The van der Waals surface area contributed by atoms with Gasteiger partial charge in [0.15, 0.2) is 5.78 Å². The van der Waals surface area contributed by atoms with E-state index in [0.29, 0.717) is 10.3 Å². The highest BCUT2D eigenvalue weighted by Crippen LogP contribution is 2.24. The summed E-state index contributed by atoms with van der Waals surface area (Å²) in [5.74, 6) is 0.799. The van der Waals surface area contributed by atoms with Crippen LogP contribution < -0.4 is 0 Å². The molecule has 0 bridgehead atoms. The van der Waals surface area contributed by atoms with Crippen molar-refractivity contribution in [3.63, 3.8) is 0 Å². The van der Waals surface area contributed by atoms with Crippen LogP contribution in [0.15, 0.2) is 12.1 Å². The van der Waals surface area contributed by atoms with Gasteiger partial charge in [0, 0.05) is 19.8 Å². The Hall–Kier alpha value is -0.420. The summed E-state index contributed by atoms with van der Waals surface area (Å²) in [6.45, 7) is 4.62. The van der Waals surface area contributed by atoms with Gasteiger partial charge in [-0.05, 0) is 44.9 Å². The maximum atomic E-state index is 12.3. The van der Waals surface area contributed by atoms with Crippen LogP contribution in [0.1, 0.15) is 29.4 Å². The molecule has 1 fully saturated rings. The molecule has 1 saturated heterocycles. The van der Waals surface area contributed by atoms with Gasteiger partial charge < -0.3 is 4.74 Å². The molecule has 2 rings (SSSR count). The maximum absolute atomic E-state index is 12.3. The number of hydrogen-bond donors (Lipinski definition) is 0. The van der Waals surface area contributed by atoms with Crippen molar-refractivity contribution in [3.8, 4) is 0 Å². The van der Waals surface area contributed by atoms with Crippen molar-refractivity contribution in [1.82, 2.24) is 4.90 Å². The number of ketones is 1. The summed E-state index contributed by atoms with van der Waals surface area (Å²) in [6, 6.07) is 3.50. The van der Waals surface area contributed by atoms with Gasteiger partial charge in [-0.2, -0.15) is 0 Å². The van der Waals surface area contributed by atoms with Gasteiger partial charge in [0.25, 0.3) is 0 Å². The van der Waals surface area contributed by atoms with E-state index in [1.165, 1.54) is 11.3 Å². The molecule has 0 spiro atoms. The van der Waals surface area contributed by atoms with Crippen LogP contribution in [-0.2, 0) is 4.74 Å². The molecule has 0 aliphatic carbocycles. The lowest BCUT2D eigenvalue weighted by molar-refractivity contribution is 0.0497. The lowest BCUT2D eigenvalue weighted by Gasteiger charge is -2.30. The first-order valence-electron chi connectivity index (χ1n) is 6.65. The Kier molecular flexibility index (Phi) is 5.39. The maximum Gasteiger partial charge on any atom is 0.189 e. The molecule has 1 aliphatic heterocycles. The summed E-state index contributed by atoms with van der Waals surface area (Å²) < 4.78 is 6.03. The van der Waals surface area contributed by atoms with Gasteiger partial charge in [-0.15, -0.1) is 11.3 Å². The normalized spacial score (nSPS) is 18.7. The van der Waals surface area contributed by atoms with E-state index in [4.69, 9.17) is 16.3 Å². The van der Waals surface area contributed by atoms with E-state index < -0.39 is 0 Å². The summed E-state index contributed by atoms with van der Waals surface area (Å²) >= 11 is 7.24. The summed E-state index contributed by atoms with van der Waals surface area (Å²) in [5.41, 5.74) is 0. The average molecular weight is 302 g/mol. The Labute approximate surface area is 123 Å². The van der Waals surface area contributed by atoms with E-state index in [1.807, 2.05) is 20.0 Å². The van der Waals surface area contributed by atoms with Gasteiger partial charge in [0.2, 0.25) is 0 Å². The molecule has 0 saturated carbocycles. The van der Waals surface area contributed by atoms with Crippen LogP contribution in [0.25, 0.3) is 0 Å². The molecule has 1 atom stereocenters. The highest BCUT2D eigenvalue weighted by atomic mass is 35.5. The number of thiophene rings is 1. The Balaban J connectivity index is 1.90. The van der Waals surface area contributed by atoms with Gasteiger partial charge in [-0.3, -0.25) is 9.69 Å². The second kappa shape index (κ2) is 6.84. The first kappa shape index (κ1) is 15.0. The van der Waals surface area contributed by atoms with Crippen LogP contribution >= 0.6 is 22.9 Å². The van der Waals surface area contributed by atoms with Crippen molar-refractivity contribution in [2.24, 2.45) is 5.92 Å². The van der Waals surface area contributed by atoms with E-state index in [0.717, 1.165) is 37.5 Å². The van der Waals surface area contributed by atoms with Gasteiger partial charge in [0.1, 0.15) is 0 Å². The Morgan fingerprint density at radius 3 is 2.79 bits per heavy atom. The minimum atomic E-state index is -0.0995. The molecule has 3 nitrogen and oxygen atoms in total. The quantitative estimate of drug-likeness (QED) is 0.781. The lowest BCUT2D eigenvalue weighted by atomic mass is 9.99. The van der Waals surface area contributed by atoms with Crippen molar-refractivity contribution in [2.75, 3.05) is 26.8 Å². The van der Waals surface area contributed by atoms with Crippen LogP contribution in [0.2, 0.25) is 4.34 Å². The van der Waals surface area contributed by atoms with Crippen molar-refractivity contribution in [2.45, 2.75) is 25.8 Å². The minimum absolute atomic E-state index is 0.0995. The Morgan fingerprint density at radius 1 is 1.53 bits per heavy atom. The van der Waals surface area contributed by atoms with Crippen LogP contribution in [0.5, 0.6) is 0 Å². The fourth-order valence-electron chi connectivity index (χ4n) is 2.35. The van der Waals surface area contributed by atoms with Gasteiger partial charge in [-0.25, -0.2) is 0 Å². The molecule has 1 unspecified atom stereocenters. The molecule has 1 aromatic rings. The first-order chi connectivity index (χ1) is 9.08. The van der Waals surface area contributed by atoms with E-state index in [2.05, 4.69) is 4.90 Å². The van der Waals surface area contributed by atoms with E-state index in [9.17, 15) is 4.79 Å². The number of carbonyl (C=O) groups is 1. The second-order valence-corrected chi connectivity index (χ2v) is 6.85. The van der Waals surface area contributed by atoms with E-state index in [-0.39, 0.29) is 11.8 Å². The number of carbonyl (C=O) groups excluding carboxylic acids is 1. The van der Waals surface area contributed by atoms with Gasteiger partial charge in [0.05, 0.1) is 15.3 Å². The summed E-state index contributed by atoms with van der Waals surface area (Å²) in [4.78, 5) is 15.2. The smallest absolute Gasteiger partial charge is 0.189 e. The average Bonchev–Trinajstić information content (AvgIpc) is 2.85. The zero-order valence-electron chi connectivity index (χ0n) is 11.4. The zero-order valence-corrected chi connectivity index (χ0v) is 13.0. The fourth-order valence-corrected chi connectivity index (χ4v) is 3.41. The topological polar surface area (TPSA) is 29.5 Å². The number of halogens is 1. The van der Waals surface area contributed by atoms with Crippen molar-refractivity contribution < 1.29 is 9.53 Å². The summed E-state index contributed by atoms with van der Waals surface area (Å²) in [5, 5.41) is 0. The standard InChI is InChI=1S/C14H20ClNO2S/c1-10(14(17)12-3-4-13(15)19-12)16(2)9-11-5-7-18-8-6-11/h3-4,10-11H,5-9H2,1-2H3. The zero-order chi connectivity index (χ0) is 13.8. The highest BCUT2D eigenvalue weighted by molar-refractivity contribution is 7.18. The molecule has 19 heavy (non-hydrogen) atoms. The van der Waals surface area contributed by atoms with Gasteiger partial charge >= 0.3 is 0 Å². The number of nitrogens with zero attached hydrogens (tertiary/aromatic N) is 1. The first-order valence-corrected chi connectivity index (χ1v) is 7.85. The van der Waals surface area contributed by atoms with Crippen molar-refractivity contribution in [1.29, 1.82) is 0 Å². The van der Waals surface area contributed by atoms with Crippen LogP contribution in [-0.4, -0.2) is 43.5 Å². The molecule has 106 valence electrons. The molecular weight excluding hydrogens is 282 g/mol. The molecule has 5 heteroatoms. The van der Waals surface area contributed by atoms with Gasteiger partial charge in [-0.1, -0.05) is 11.6 Å². The molecule has 0 aromatic carbocycles. The van der Waals surface area contributed by atoms with Crippen LogP contribution in [0, 0.1) is 5.92 Å². The van der Waals surface area contributed by atoms with Crippen molar-refractivity contribution >= 4 is 28.7 Å². The van der Waals surface area contributed by atoms with Crippen LogP contribution in [0.4, 0.5) is 0 Å². The third-order valence-electron chi connectivity index (χ3n) is 3.74. The minimum Gasteiger partial charge on any atom is -0.381 e. The summed E-state index contributed by atoms with van der Waals surface area (Å²) in [6.07, 6.45) is 2.19. The Bertz CT molecular complexity index is 429. The monoisotopic (exact) mass is 301 g/mol. The van der Waals surface area contributed by atoms with E-state index >= 15 is 0 Å². The number of hydrogen-bond acceptors (Lipinski definition) is 4. The molecule has 2 heterocycles. The third-order valence-corrected chi connectivity index (χ3v) is 4.99. The predicted octanol–water partition coefficient (Wildman–Crippen LogP) is 3.33. The highest BCUT2D eigenvalue weighted by Gasteiger charge is 2.24. The number of likely N-dealkylation sites (N-methyl/N-ethyl adjacent to an activating group) is 1. The molecule has 0 N–H and O–H groups in total. The lowest BCUT2D eigenvalue weighted by Crippen LogP contribution is -2.40. The third kappa shape index (κ3) is 4.02.